The number of hydrogen-bond donors (Lipinski definition) is 3. The molecule has 0 aliphatic heterocycles. The van der Waals surface area contributed by atoms with Gasteiger partial charge in [-0.25, -0.2) is 0 Å². The quantitative estimate of drug-likeness (QED) is 0.548. The second kappa shape index (κ2) is 11.2. The Balaban J connectivity index is 0.00000208. The molecule has 0 bridgehead atoms. The Morgan fingerprint density at radius 3 is 1.88 bits per heavy atom. The van der Waals surface area contributed by atoms with Crippen molar-refractivity contribution in [3.05, 3.63) is 89.0 Å². The Hall–Kier alpha value is -0.780. The Morgan fingerprint density at radius 1 is 0.808 bits per heavy atom. The molecule has 0 fully saturated rings. The van der Waals surface area contributed by atoms with Crippen LogP contribution in [0.2, 0.25) is 0 Å². The fourth-order valence-electron chi connectivity index (χ4n) is 2.62. The van der Waals surface area contributed by atoms with Crippen molar-refractivity contribution in [2.45, 2.75) is 6.92 Å². The normalized spacial score (nSPS) is 11.9. The van der Waals surface area contributed by atoms with Crippen molar-refractivity contribution in [2.75, 3.05) is 11.5 Å². The van der Waals surface area contributed by atoms with Gasteiger partial charge in [0, 0.05) is 11.4 Å². The van der Waals surface area contributed by atoms with Crippen LogP contribution in [0.3, 0.4) is 0 Å². The van der Waals surface area contributed by atoms with E-state index in [1.807, 2.05) is 55.5 Å². The molecule has 1 aliphatic rings. The van der Waals surface area contributed by atoms with Gasteiger partial charge >= 0.3 is 59.1 Å². The molecule has 0 saturated heterocycles. The van der Waals surface area contributed by atoms with E-state index in [4.69, 9.17) is 16.9 Å². The van der Waals surface area contributed by atoms with Crippen molar-refractivity contribution in [3.8, 4) is 0 Å². The number of nitrogens with two attached hydrogens (primary N) is 2. The number of benzene rings is 2. The second-order valence-corrected chi connectivity index (χ2v) is 5.65. The van der Waals surface area contributed by atoms with Gasteiger partial charge in [-0.05, 0) is 71.2 Å². The first-order valence-electron chi connectivity index (χ1n) is 7.46. The summed E-state index contributed by atoms with van der Waals surface area (Å²) in [5.74, 6) is 0. The Morgan fingerprint density at radius 2 is 1.35 bits per heavy atom. The maximum absolute atomic E-state index is 7.69. The van der Waals surface area contributed by atoms with Gasteiger partial charge in [-0.3, -0.25) is 0 Å². The van der Waals surface area contributed by atoms with Crippen LogP contribution in [0, 0.1) is 12.3 Å². The van der Waals surface area contributed by atoms with Crippen LogP contribution < -0.4 is 11.5 Å². The molecule has 2 aromatic carbocycles. The van der Waals surface area contributed by atoms with E-state index in [0.29, 0.717) is 5.71 Å². The minimum absolute atomic E-state index is 0. The average Bonchev–Trinajstić information content (AvgIpc) is 2.55. The van der Waals surface area contributed by atoms with E-state index in [2.05, 4.69) is 6.07 Å². The molecule has 5 N–H and O–H groups in total. The maximum atomic E-state index is 7.69. The van der Waals surface area contributed by atoms with Crippen molar-refractivity contribution in [3.63, 3.8) is 0 Å². The van der Waals surface area contributed by atoms with Gasteiger partial charge in [-0.15, -0.1) is 12.4 Å². The van der Waals surface area contributed by atoms with Crippen LogP contribution >= 0.6 is 12.4 Å². The zero-order chi connectivity index (χ0) is 16.4. The molecule has 0 atom stereocenters. The van der Waals surface area contributed by atoms with E-state index in [9.17, 15) is 0 Å². The first-order valence-corrected chi connectivity index (χ1v) is 7.46. The number of nitrogens with one attached hydrogen (secondary N) is 1. The second-order valence-electron chi connectivity index (χ2n) is 5.65. The standard InChI is InChI=1S/C20H19N3.ClH.2Na.2H/c1-13-12-16(6-11-19(13)23)20(14-2-7-17(21)8-3-14)15-4-9-18(22)10-5-15;;;;;/h2-12,21H,22-23H2,1H3;1H;;;;. The summed E-state index contributed by atoms with van der Waals surface area (Å²) in [7, 11) is 0. The third kappa shape index (κ3) is 5.86. The van der Waals surface area contributed by atoms with Crippen molar-refractivity contribution in [1.29, 1.82) is 5.41 Å². The summed E-state index contributed by atoms with van der Waals surface area (Å²) in [5.41, 5.74) is 19.2. The van der Waals surface area contributed by atoms with Crippen LogP contribution in [0.4, 0.5) is 11.4 Å². The van der Waals surface area contributed by atoms with Crippen molar-refractivity contribution < 1.29 is 0 Å². The number of allylic oxidation sites excluding steroid dienone is 5. The van der Waals surface area contributed by atoms with Gasteiger partial charge < -0.3 is 16.9 Å². The third-order valence-electron chi connectivity index (χ3n) is 3.93. The molecule has 3 rings (SSSR count). The van der Waals surface area contributed by atoms with Crippen molar-refractivity contribution >= 4 is 94.2 Å². The molecule has 0 unspecified atom stereocenters. The zero-order valence-corrected chi connectivity index (χ0v) is 14.2. The topological polar surface area (TPSA) is 75.9 Å². The molecule has 0 amide bonds. The van der Waals surface area contributed by atoms with Gasteiger partial charge in [0.05, 0.1) is 5.71 Å². The Labute approximate surface area is 205 Å². The van der Waals surface area contributed by atoms with Crippen molar-refractivity contribution in [2.24, 2.45) is 0 Å². The number of anilines is 2. The molecule has 6 heteroatoms. The molecule has 0 spiro atoms. The van der Waals surface area contributed by atoms with Crippen LogP contribution in [-0.4, -0.2) is 64.8 Å². The molecule has 26 heavy (non-hydrogen) atoms. The van der Waals surface area contributed by atoms with Gasteiger partial charge in [-0.1, -0.05) is 30.4 Å². The van der Waals surface area contributed by atoms with Gasteiger partial charge in [0.2, 0.25) is 0 Å². The molecule has 3 nitrogen and oxygen atoms in total. The van der Waals surface area contributed by atoms with Gasteiger partial charge in [0.25, 0.3) is 0 Å². The van der Waals surface area contributed by atoms with Gasteiger partial charge in [0.15, 0.2) is 0 Å². The number of aryl methyl sites for hydroxylation is 1. The Bertz CT molecular complexity index is 851. The molecule has 126 valence electrons. The summed E-state index contributed by atoms with van der Waals surface area (Å²) in [4.78, 5) is 0. The minimum atomic E-state index is 0. The zero-order valence-electron chi connectivity index (χ0n) is 13.4. The summed E-state index contributed by atoms with van der Waals surface area (Å²) in [6.07, 6.45) is 7.55. The van der Waals surface area contributed by atoms with Crippen LogP contribution in [0.15, 0.2) is 72.3 Å². The summed E-state index contributed by atoms with van der Waals surface area (Å²) in [6, 6.07) is 13.9. The summed E-state index contributed by atoms with van der Waals surface area (Å²) in [6.45, 7) is 2.01. The molecular formula is C20H22ClN3Na2. The molecular weight excluding hydrogens is 364 g/mol. The van der Waals surface area contributed by atoms with E-state index in [1.54, 1.807) is 12.2 Å². The molecule has 0 radical (unpaired) electrons. The third-order valence-corrected chi connectivity index (χ3v) is 3.93. The van der Waals surface area contributed by atoms with Crippen LogP contribution in [0.25, 0.3) is 5.57 Å². The SMILES string of the molecule is Cc1cc(C(=C2C=CC(=N)C=C2)c2ccc(N)cc2)ccc1N.Cl.[NaH].[NaH]. The van der Waals surface area contributed by atoms with Crippen LogP contribution in [-0.2, 0) is 0 Å². The Kier molecular flexibility index (Phi) is 10.8. The van der Waals surface area contributed by atoms with Crippen molar-refractivity contribution in [1.82, 2.24) is 0 Å². The van der Waals surface area contributed by atoms with Crippen LogP contribution in [0.5, 0.6) is 0 Å². The van der Waals surface area contributed by atoms with Crippen LogP contribution in [0.1, 0.15) is 16.7 Å². The van der Waals surface area contributed by atoms with Gasteiger partial charge in [-0.2, -0.15) is 0 Å². The predicted molar refractivity (Wildman–Crippen MR) is 120 cm³/mol. The fourth-order valence-corrected chi connectivity index (χ4v) is 2.62. The number of rotatable bonds is 2. The predicted octanol–water partition coefficient (Wildman–Crippen LogP) is 3.23. The molecule has 0 saturated carbocycles. The number of hydrogen-bond acceptors (Lipinski definition) is 3. The monoisotopic (exact) mass is 385 g/mol. The van der Waals surface area contributed by atoms with E-state index < -0.39 is 0 Å². The summed E-state index contributed by atoms with van der Waals surface area (Å²) < 4.78 is 0. The summed E-state index contributed by atoms with van der Waals surface area (Å²) in [5, 5.41) is 7.69. The number of nitrogen functional groups attached to an aromatic ring is 2. The van der Waals surface area contributed by atoms with E-state index in [0.717, 1.165) is 39.2 Å². The van der Waals surface area contributed by atoms with E-state index >= 15 is 0 Å². The fraction of sp³-hybridized carbons (Fsp3) is 0.0500. The average molecular weight is 386 g/mol. The first kappa shape index (κ1) is 25.2. The first-order chi connectivity index (χ1) is 11.0. The van der Waals surface area contributed by atoms with Gasteiger partial charge in [0.1, 0.15) is 0 Å². The summed E-state index contributed by atoms with van der Waals surface area (Å²) >= 11 is 0. The van der Waals surface area contributed by atoms with E-state index in [-0.39, 0.29) is 71.5 Å². The molecule has 1 aliphatic carbocycles. The van der Waals surface area contributed by atoms with E-state index in [1.165, 1.54) is 0 Å². The molecule has 0 aromatic heterocycles. The molecule has 2 aromatic rings. The molecule has 0 heterocycles. The number of halogens is 1.